The molecule has 0 radical (unpaired) electrons. The average Bonchev–Trinajstić information content (AvgIpc) is 2.78. The van der Waals surface area contributed by atoms with Gasteiger partial charge in [0.25, 0.3) is 0 Å². The Morgan fingerprint density at radius 1 is 1.07 bits per heavy atom. The Hall–Kier alpha value is -2.95. The van der Waals surface area contributed by atoms with E-state index in [0.717, 1.165) is 5.56 Å². The van der Waals surface area contributed by atoms with Gasteiger partial charge in [-0.1, -0.05) is 42.5 Å². The van der Waals surface area contributed by atoms with Gasteiger partial charge in [-0.25, -0.2) is 0 Å². The first kappa shape index (κ1) is 18.8. The molecule has 0 saturated heterocycles. The van der Waals surface area contributed by atoms with Gasteiger partial charge in [0.2, 0.25) is 5.91 Å². The molecule has 1 atom stereocenters. The van der Waals surface area contributed by atoms with Gasteiger partial charge >= 0.3 is 5.97 Å². The van der Waals surface area contributed by atoms with Crippen molar-refractivity contribution in [3.63, 3.8) is 0 Å². The number of ketones is 1. The highest BCUT2D eigenvalue weighted by atomic mass is 16.5. The first-order valence-corrected chi connectivity index (χ1v) is 9.15. The fourth-order valence-corrected chi connectivity index (χ4v) is 3.34. The van der Waals surface area contributed by atoms with Crippen LogP contribution in [0.2, 0.25) is 0 Å². The van der Waals surface area contributed by atoms with Crippen LogP contribution in [-0.2, 0) is 20.9 Å². The lowest BCUT2D eigenvalue weighted by atomic mass is 9.94. The second-order valence-corrected chi connectivity index (χ2v) is 6.78. The standard InChI is InChI=1S/C22H23NO4/c1-23-19-12-6-5-11-18(19)20(24)14-17(22(23)26)10-7-13-21(25)27-15-16-8-3-2-4-9-16/h2-6,8-9,11-12,17H,7,10,13-15H2,1H3. The van der Waals surface area contributed by atoms with E-state index >= 15 is 0 Å². The second kappa shape index (κ2) is 8.62. The summed E-state index contributed by atoms with van der Waals surface area (Å²) in [4.78, 5) is 38.7. The van der Waals surface area contributed by atoms with Gasteiger partial charge in [-0.2, -0.15) is 0 Å². The SMILES string of the molecule is CN1C(=O)C(CCCC(=O)OCc2ccccc2)CC(=O)c2ccccc21. The largest absolute Gasteiger partial charge is 0.461 e. The van der Waals surface area contributed by atoms with Gasteiger partial charge in [-0.15, -0.1) is 0 Å². The molecule has 1 aliphatic heterocycles. The number of benzene rings is 2. The lowest BCUT2D eigenvalue weighted by Gasteiger charge is -2.20. The highest BCUT2D eigenvalue weighted by molar-refractivity contribution is 6.10. The molecular formula is C22H23NO4. The third-order valence-electron chi connectivity index (χ3n) is 4.85. The van der Waals surface area contributed by atoms with Crippen molar-refractivity contribution in [1.82, 2.24) is 0 Å². The van der Waals surface area contributed by atoms with Crippen molar-refractivity contribution in [3.05, 3.63) is 65.7 Å². The fourth-order valence-electron chi connectivity index (χ4n) is 3.34. The summed E-state index contributed by atoms with van der Waals surface area (Å²) in [6.45, 7) is 0.249. The predicted molar refractivity (Wildman–Crippen MR) is 102 cm³/mol. The molecule has 0 aliphatic carbocycles. The molecule has 1 heterocycles. The number of para-hydroxylation sites is 1. The topological polar surface area (TPSA) is 63.7 Å². The zero-order chi connectivity index (χ0) is 19.2. The lowest BCUT2D eigenvalue weighted by Crippen LogP contribution is -2.32. The van der Waals surface area contributed by atoms with Crippen LogP contribution in [-0.4, -0.2) is 24.7 Å². The molecule has 1 unspecified atom stereocenters. The monoisotopic (exact) mass is 365 g/mol. The number of fused-ring (bicyclic) bond motifs is 1. The summed E-state index contributed by atoms with van der Waals surface area (Å²) < 4.78 is 5.26. The Kier molecular flexibility index (Phi) is 6.01. The Balaban J connectivity index is 1.51. The van der Waals surface area contributed by atoms with Crippen LogP contribution < -0.4 is 4.90 Å². The number of hydrogen-bond acceptors (Lipinski definition) is 4. The van der Waals surface area contributed by atoms with E-state index in [9.17, 15) is 14.4 Å². The van der Waals surface area contributed by atoms with Crippen molar-refractivity contribution in [2.24, 2.45) is 5.92 Å². The second-order valence-electron chi connectivity index (χ2n) is 6.78. The van der Waals surface area contributed by atoms with Crippen LogP contribution in [0.25, 0.3) is 0 Å². The van der Waals surface area contributed by atoms with Crippen molar-refractivity contribution >= 4 is 23.3 Å². The summed E-state index contributed by atoms with van der Waals surface area (Å²) in [5.41, 5.74) is 2.17. The third kappa shape index (κ3) is 4.61. The van der Waals surface area contributed by atoms with Crippen molar-refractivity contribution in [2.45, 2.75) is 32.3 Å². The van der Waals surface area contributed by atoms with Crippen molar-refractivity contribution in [1.29, 1.82) is 0 Å². The molecule has 2 aromatic rings. The number of carbonyl (C=O) groups excluding carboxylic acids is 3. The van der Waals surface area contributed by atoms with E-state index in [4.69, 9.17) is 4.74 Å². The zero-order valence-corrected chi connectivity index (χ0v) is 15.4. The van der Waals surface area contributed by atoms with Gasteiger partial charge in [-0.3, -0.25) is 14.4 Å². The van der Waals surface area contributed by atoms with Gasteiger partial charge < -0.3 is 9.64 Å². The molecule has 2 aromatic carbocycles. The zero-order valence-electron chi connectivity index (χ0n) is 15.4. The van der Waals surface area contributed by atoms with Crippen molar-refractivity contribution in [3.8, 4) is 0 Å². The predicted octanol–water partition coefficient (Wildman–Crippen LogP) is 3.77. The van der Waals surface area contributed by atoms with Crippen LogP contribution in [0, 0.1) is 5.92 Å². The number of hydrogen-bond donors (Lipinski definition) is 0. The number of nitrogens with zero attached hydrogens (tertiary/aromatic N) is 1. The number of anilines is 1. The number of esters is 1. The molecule has 0 aromatic heterocycles. The highest BCUT2D eigenvalue weighted by Gasteiger charge is 2.31. The molecule has 140 valence electrons. The van der Waals surface area contributed by atoms with Crippen LogP contribution in [0.5, 0.6) is 0 Å². The van der Waals surface area contributed by atoms with E-state index in [1.54, 1.807) is 30.1 Å². The van der Waals surface area contributed by atoms with Crippen molar-refractivity contribution < 1.29 is 19.1 Å². The molecule has 0 N–H and O–H groups in total. The number of ether oxygens (including phenoxy) is 1. The maximum Gasteiger partial charge on any atom is 0.306 e. The average molecular weight is 365 g/mol. The van der Waals surface area contributed by atoms with Crippen LogP contribution in [0.1, 0.15) is 41.6 Å². The first-order chi connectivity index (χ1) is 13.1. The summed E-state index contributed by atoms with van der Waals surface area (Å²) in [5, 5.41) is 0. The van der Waals surface area contributed by atoms with Crippen LogP contribution in [0.3, 0.4) is 0 Å². The maximum atomic E-state index is 12.7. The molecule has 0 bridgehead atoms. The van der Waals surface area contributed by atoms with E-state index in [0.29, 0.717) is 24.1 Å². The van der Waals surface area contributed by atoms with E-state index in [1.165, 1.54) is 0 Å². The Bertz CT molecular complexity index is 831. The molecular weight excluding hydrogens is 342 g/mol. The summed E-state index contributed by atoms with van der Waals surface area (Å²) >= 11 is 0. The summed E-state index contributed by atoms with van der Waals surface area (Å²) in [6.07, 6.45) is 1.42. The van der Waals surface area contributed by atoms with E-state index in [2.05, 4.69) is 0 Å². The minimum absolute atomic E-state index is 0.0278. The molecule has 5 heteroatoms. The summed E-state index contributed by atoms with van der Waals surface area (Å²) in [7, 11) is 1.70. The Morgan fingerprint density at radius 2 is 1.78 bits per heavy atom. The maximum absolute atomic E-state index is 12.7. The molecule has 5 nitrogen and oxygen atoms in total. The van der Waals surface area contributed by atoms with Gasteiger partial charge in [0.1, 0.15) is 6.61 Å². The Labute approximate surface area is 158 Å². The minimum atomic E-state index is -0.406. The van der Waals surface area contributed by atoms with Gasteiger partial charge in [-0.05, 0) is 30.5 Å². The number of amides is 1. The molecule has 0 saturated carbocycles. The van der Waals surface area contributed by atoms with Gasteiger partial charge in [0, 0.05) is 31.4 Å². The highest BCUT2D eigenvalue weighted by Crippen LogP contribution is 2.30. The number of Topliss-reactive ketones (excluding diaryl/α,β-unsaturated/α-hetero) is 1. The fraction of sp³-hybridized carbons (Fsp3) is 0.318. The summed E-state index contributed by atoms with van der Waals surface area (Å²) in [6, 6.07) is 16.7. The van der Waals surface area contributed by atoms with E-state index < -0.39 is 5.92 Å². The van der Waals surface area contributed by atoms with Crippen LogP contribution >= 0.6 is 0 Å². The lowest BCUT2D eigenvalue weighted by molar-refractivity contribution is -0.145. The van der Waals surface area contributed by atoms with Gasteiger partial charge in [0.05, 0.1) is 5.69 Å². The molecule has 1 amide bonds. The number of rotatable bonds is 6. The Morgan fingerprint density at radius 3 is 2.56 bits per heavy atom. The summed E-state index contributed by atoms with van der Waals surface area (Å²) in [5.74, 6) is -0.800. The smallest absolute Gasteiger partial charge is 0.306 e. The third-order valence-corrected chi connectivity index (χ3v) is 4.85. The van der Waals surface area contributed by atoms with Crippen molar-refractivity contribution in [2.75, 3.05) is 11.9 Å². The quantitative estimate of drug-likeness (QED) is 0.731. The first-order valence-electron chi connectivity index (χ1n) is 9.15. The van der Waals surface area contributed by atoms with Gasteiger partial charge in [0.15, 0.2) is 5.78 Å². The molecule has 3 rings (SSSR count). The normalized spacial score (nSPS) is 16.6. The van der Waals surface area contributed by atoms with E-state index in [-0.39, 0.29) is 37.1 Å². The molecule has 0 fully saturated rings. The minimum Gasteiger partial charge on any atom is -0.461 e. The van der Waals surface area contributed by atoms with E-state index in [1.807, 2.05) is 36.4 Å². The molecule has 27 heavy (non-hydrogen) atoms. The molecule has 0 spiro atoms. The van der Waals surface area contributed by atoms with Crippen LogP contribution in [0.4, 0.5) is 5.69 Å². The number of carbonyl (C=O) groups is 3. The van der Waals surface area contributed by atoms with Crippen LogP contribution in [0.15, 0.2) is 54.6 Å². The molecule has 1 aliphatic rings.